The summed E-state index contributed by atoms with van der Waals surface area (Å²) in [5, 5.41) is 0. The van der Waals surface area contributed by atoms with Gasteiger partial charge in [0.05, 0.1) is 0 Å². The van der Waals surface area contributed by atoms with Crippen LogP contribution in [0.1, 0.15) is 28.9 Å². The second kappa shape index (κ2) is 12.7. The van der Waals surface area contributed by atoms with Crippen molar-refractivity contribution >= 4 is 0 Å². The number of aromatic nitrogens is 2. The molecule has 0 amide bonds. The van der Waals surface area contributed by atoms with Crippen LogP contribution in [-0.4, -0.2) is 9.97 Å². The normalized spacial score (nSPS) is 14.6. The smallest absolute Gasteiger partial charge is 0.0313 e. The molecule has 5 aromatic rings. The maximum Gasteiger partial charge on any atom is 0.0313 e. The number of nitrogens with zero attached hydrogens (tertiary/aromatic N) is 2. The number of benzene rings is 3. The molecule has 1 radical (unpaired) electrons. The van der Waals surface area contributed by atoms with Gasteiger partial charge < -0.3 is 9.97 Å². The predicted molar refractivity (Wildman–Crippen MR) is 137 cm³/mol. The Morgan fingerprint density at radius 3 is 1.79 bits per heavy atom. The van der Waals surface area contributed by atoms with E-state index in [4.69, 9.17) is 11.0 Å². The molecule has 0 spiro atoms. The fourth-order valence-electron chi connectivity index (χ4n) is 3.13. The zero-order valence-corrected chi connectivity index (χ0v) is 20.5. The van der Waals surface area contributed by atoms with Crippen molar-refractivity contribution < 1.29 is 31.1 Å². The van der Waals surface area contributed by atoms with Crippen molar-refractivity contribution in [2.24, 2.45) is 0 Å². The number of rotatable bonds is 4. The summed E-state index contributed by atoms with van der Waals surface area (Å²) in [7, 11) is 0. The van der Waals surface area contributed by atoms with Crippen molar-refractivity contribution in [3.63, 3.8) is 0 Å². The van der Waals surface area contributed by atoms with E-state index in [0.717, 1.165) is 33.6 Å². The molecular weight excluding hydrogens is 593 g/mol. The van der Waals surface area contributed by atoms with Gasteiger partial charge in [-0.2, -0.15) is 0 Å². The van der Waals surface area contributed by atoms with Crippen molar-refractivity contribution in [3.05, 3.63) is 133 Å². The number of hydrogen-bond acceptors (Lipinski definition) is 2. The Kier molecular flexibility index (Phi) is 6.10. The van der Waals surface area contributed by atoms with Crippen molar-refractivity contribution in [1.82, 2.24) is 9.97 Å². The molecule has 0 aliphatic heterocycles. The van der Waals surface area contributed by atoms with E-state index in [1.54, 1.807) is 36.5 Å². The zero-order chi connectivity index (χ0) is 29.7. The first-order valence-corrected chi connectivity index (χ1v) is 10.3. The average Bonchev–Trinajstić information content (AvgIpc) is 2.98. The first-order chi connectivity index (χ1) is 19.4. The summed E-state index contributed by atoms with van der Waals surface area (Å²) in [4.78, 5) is 8.56. The molecule has 0 aliphatic rings. The van der Waals surface area contributed by atoms with E-state index in [0.29, 0.717) is 0 Å². The fraction of sp³-hybridized carbons (Fsp3) is 0.0968. The van der Waals surface area contributed by atoms with Gasteiger partial charge in [-0.25, -0.2) is 0 Å². The van der Waals surface area contributed by atoms with E-state index >= 15 is 0 Å². The molecule has 2 aromatic heterocycles. The summed E-state index contributed by atoms with van der Waals surface area (Å²) in [6, 6.07) is 34.8. The third kappa shape index (κ3) is 6.81. The molecular formula is C31H26IrN2-2. The van der Waals surface area contributed by atoms with Crippen LogP contribution in [0.25, 0.3) is 33.6 Å². The minimum Gasteiger partial charge on any atom is -0.304 e. The summed E-state index contributed by atoms with van der Waals surface area (Å²) < 4.78 is 59.3. The molecule has 0 N–H and O–H groups in total. The molecule has 0 bridgehead atoms. The topological polar surface area (TPSA) is 25.8 Å². The molecule has 0 fully saturated rings. The molecule has 0 unspecified atom stereocenters. The number of hydrogen-bond donors (Lipinski definition) is 0. The molecule has 0 saturated carbocycles. The zero-order valence-electron chi connectivity index (χ0n) is 26.1. The quantitative estimate of drug-likeness (QED) is 0.192. The van der Waals surface area contributed by atoms with Gasteiger partial charge in [0, 0.05) is 43.5 Å². The molecule has 2 nitrogen and oxygen atoms in total. The summed E-state index contributed by atoms with van der Waals surface area (Å²) in [5.41, 5.74) is 5.44. The van der Waals surface area contributed by atoms with E-state index in [2.05, 4.69) is 22.1 Å². The van der Waals surface area contributed by atoms with Crippen LogP contribution in [0.3, 0.4) is 0 Å². The van der Waals surface area contributed by atoms with E-state index in [-0.39, 0.29) is 31.2 Å². The van der Waals surface area contributed by atoms with Crippen LogP contribution in [-0.2, 0) is 26.5 Å². The number of pyridine rings is 2. The van der Waals surface area contributed by atoms with Gasteiger partial charge in [-0.05, 0) is 46.9 Å². The summed E-state index contributed by atoms with van der Waals surface area (Å²) in [6.45, 7) is -4.80. The van der Waals surface area contributed by atoms with Crippen molar-refractivity contribution in [2.45, 2.75) is 20.1 Å². The third-order valence-corrected chi connectivity index (χ3v) is 4.86. The van der Waals surface area contributed by atoms with E-state index in [9.17, 15) is 0 Å². The Balaban J connectivity index is 0.000000247. The van der Waals surface area contributed by atoms with Crippen LogP contribution in [0.15, 0.2) is 109 Å². The Bertz CT molecular complexity index is 1540. The Morgan fingerprint density at radius 1 is 0.706 bits per heavy atom. The van der Waals surface area contributed by atoms with Crippen molar-refractivity contribution in [1.29, 1.82) is 0 Å². The van der Waals surface area contributed by atoms with Crippen LogP contribution >= 0.6 is 0 Å². The second-order valence-electron chi connectivity index (χ2n) is 7.12. The SMILES string of the molecule is [2H]C([2H])([2H])C([2H])([2H])c1ccc(-c2ccc(-c3[c-]cccc3)nc2)cc1.[2H]C([2H])([2H])c1ccc(-c2[c-]cccc2)nc1.[Ir]. The van der Waals surface area contributed by atoms with Crippen molar-refractivity contribution in [3.8, 4) is 33.6 Å². The van der Waals surface area contributed by atoms with Gasteiger partial charge in [0.1, 0.15) is 0 Å². The van der Waals surface area contributed by atoms with Gasteiger partial charge in [0.15, 0.2) is 0 Å². The largest absolute Gasteiger partial charge is 0.304 e. The van der Waals surface area contributed by atoms with Gasteiger partial charge in [0.25, 0.3) is 0 Å². The van der Waals surface area contributed by atoms with E-state index < -0.39 is 20.1 Å². The predicted octanol–water partition coefficient (Wildman–Crippen LogP) is 7.63. The molecule has 5 rings (SSSR count). The Labute approximate surface area is 227 Å². The van der Waals surface area contributed by atoms with Crippen molar-refractivity contribution in [2.75, 3.05) is 0 Å². The molecule has 171 valence electrons. The molecule has 0 saturated heterocycles. The van der Waals surface area contributed by atoms with Crippen LogP contribution in [0.4, 0.5) is 0 Å². The molecule has 3 aromatic carbocycles. The van der Waals surface area contributed by atoms with Gasteiger partial charge in [-0.3, -0.25) is 0 Å². The maximum absolute atomic E-state index is 7.81. The van der Waals surface area contributed by atoms with Gasteiger partial charge in [-0.1, -0.05) is 55.4 Å². The summed E-state index contributed by atoms with van der Waals surface area (Å²) in [6.07, 6.45) is 0.754. The van der Waals surface area contributed by atoms with Gasteiger partial charge in [-0.15, -0.1) is 71.8 Å². The minimum absolute atomic E-state index is 0. The Hall–Kier alpha value is -3.39. The number of aryl methyl sites for hydroxylation is 2. The molecule has 0 aliphatic carbocycles. The fourth-order valence-corrected chi connectivity index (χ4v) is 3.13. The average molecular weight is 627 g/mol. The van der Waals surface area contributed by atoms with Gasteiger partial charge in [0.2, 0.25) is 0 Å². The molecule has 2 heterocycles. The first-order valence-electron chi connectivity index (χ1n) is 14.3. The maximum atomic E-state index is 7.81. The summed E-state index contributed by atoms with van der Waals surface area (Å²) in [5.74, 6) is 0. The van der Waals surface area contributed by atoms with Crippen LogP contribution in [0, 0.1) is 19.0 Å². The Morgan fingerprint density at radius 2 is 1.32 bits per heavy atom. The first kappa shape index (κ1) is 16.3. The standard InChI is InChI=1S/C19H16N.C12H10N.Ir/c1-2-15-8-10-16(11-9-15)18-12-13-19(20-14-18)17-6-4-3-5-7-17;1-10-7-8-12(13-9-10)11-5-3-2-4-6-11;/h3-6,8-14H,2H2,1H3;2-5,7-9H,1H3;/q2*-1;/i1D3,2D2;1D3;. The minimum atomic E-state index is -2.70. The van der Waals surface area contributed by atoms with Crippen LogP contribution in [0.5, 0.6) is 0 Å². The van der Waals surface area contributed by atoms with Gasteiger partial charge >= 0.3 is 0 Å². The van der Waals surface area contributed by atoms with E-state index in [1.807, 2.05) is 54.6 Å². The van der Waals surface area contributed by atoms with Crippen LogP contribution in [0.2, 0.25) is 0 Å². The monoisotopic (exact) mass is 627 g/mol. The van der Waals surface area contributed by atoms with Crippen LogP contribution < -0.4 is 0 Å². The second-order valence-corrected chi connectivity index (χ2v) is 7.12. The third-order valence-electron chi connectivity index (χ3n) is 4.86. The molecule has 0 atom stereocenters. The summed E-state index contributed by atoms with van der Waals surface area (Å²) >= 11 is 0. The molecule has 34 heavy (non-hydrogen) atoms. The molecule has 3 heteroatoms. The van der Waals surface area contributed by atoms with E-state index in [1.165, 1.54) is 18.3 Å².